The molecule has 0 radical (unpaired) electrons. The number of pyridine rings is 1. The van der Waals surface area contributed by atoms with Gasteiger partial charge < -0.3 is 0 Å². The highest BCUT2D eigenvalue weighted by molar-refractivity contribution is 6.21. The van der Waals surface area contributed by atoms with Gasteiger partial charge in [-0.1, -0.05) is 0 Å². The topological polar surface area (TPSA) is 56.0 Å². The molecule has 1 aromatic heterocycles. The van der Waals surface area contributed by atoms with Gasteiger partial charge in [0.15, 0.2) is 0 Å². The molecule has 0 aromatic carbocycles. The smallest absolute Gasteiger partial charge is 0.258 e. The summed E-state index contributed by atoms with van der Waals surface area (Å²) in [5.41, 5.74) is 0.755. The van der Waals surface area contributed by atoms with Gasteiger partial charge in [-0.2, -0.15) is 0 Å². The van der Waals surface area contributed by atoms with Crippen LogP contribution in [0.4, 0.5) is 5.69 Å². The lowest BCUT2D eigenvalue weighted by Gasteiger charge is -2.07. The first kappa shape index (κ1) is 10.4. The molecule has 80 valence electrons. The van der Waals surface area contributed by atoms with Gasteiger partial charge in [0.1, 0.15) is 6.20 Å². The van der Waals surface area contributed by atoms with Gasteiger partial charge >= 0.3 is 0 Å². The van der Waals surface area contributed by atoms with Crippen LogP contribution in [0.2, 0.25) is 0 Å². The van der Waals surface area contributed by atoms with Crippen molar-refractivity contribution in [3.8, 4) is 0 Å². The summed E-state index contributed by atoms with van der Waals surface area (Å²) in [6.07, 6.45) is 5.70. The van der Waals surface area contributed by atoms with E-state index in [9.17, 15) is 10.1 Å². The summed E-state index contributed by atoms with van der Waals surface area (Å²) in [5.74, 6) is 0.541. The third-order valence-corrected chi connectivity index (χ3v) is 3.14. The van der Waals surface area contributed by atoms with Crippen LogP contribution in [0.5, 0.6) is 0 Å². The summed E-state index contributed by atoms with van der Waals surface area (Å²) in [7, 11) is 0. The fourth-order valence-electron chi connectivity index (χ4n) is 1.59. The molecule has 1 fully saturated rings. The second-order valence-electron chi connectivity index (χ2n) is 3.82. The van der Waals surface area contributed by atoms with E-state index >= 15 is 0 Å². The summed E-state index contributed by atoms with van der Waals surface area (Å²) in [6, 6.07) is 1.68. The molecule has 0 bridgehead atoms. The Kier molecular flexibility index (Phi) is 2.86. The van der Waals surface area contributed by atoms with Crippen molar-refractivity contribution >= 4 is 17.3 Å². The lowest BCUT2D eigenvalue weighted by Crippen LogP contribution is -2.07. The first-order valence-electron chi connectivity index (χ1n) is 4.90. The van der Waals surface area contributed by atoms with Crippen molar-refractivity contribution in [2.75, 3.05) is 0 Å². The van der Waals surface area contributed by atoms with Crippen molar-refractivity contribution in [3.05, 3.63) is 34.1 Å². The van der Waals surface area contributed by atoms with Crippen LogP contribution in [0.3, 0.4) is 0 Å². The Morgan fingerprint density at radius 2 is 2.40 bits per heavy atom. The maximum absolute atomic E-state index is 10.7. The normalized spacial score (nSPS) is 17.4. The highest BCUT2D eigenvalue weighted by Gasteiger charge is 2.31. The van der Waals surface area contributed by atoms with Gasteiger partial charge in [0.2, 0.25) is 0 Å². The molecule has 1 heterocycles. The standard InChI is InChI=1S/C10H11ClN2O2/c11-9(7-1-2-7)5-8-3-4-12-6-10(8)13(14)15/h3-4,6-7,9H,1-2,5H2. The maximum Gasteiger partial charge on any atom is 0.290 e. The lowest BCUT2D eigenvalue weighted by molar-refractivity contribution is -0.385. The molecule has 1 atom stereocenters. The first-order valence-corrected chi connectivity index (χ1v) is 5.33. The Bertz CT molecular complexity index is 379. The molecule has 0 saturated heterocycles. The minimum atomic E-state index is -0.404. The van der Waals surface area contributed by atoms with Crippen molar-refractivity contribution < 1.29 is 4.92 Å². The average molecular weight is 227 g/mol. The van der Waals surface area contributed by atoms with Crippen LogP contribution < -0.4 is 0 Å². The summed E-state index contributed by atoms with van der Waals surface area (Å²) < 4.78 is 0. The fraction of sp³-hybridized carbons (Fsp3) is 0.500. The van der Waals surface area contributed by atoms with Gasteiger partial charge in [-0.25, -0.2) is 0 Å². The van der Waals surface area contributed by atoms with Crippen LogP contribution in [0.25, 0.3) is 0 Å². The molecule has 0 aliphatic heterocycles. The van der Waals surface area contributed by atoms with Crippen molar-refractivity contribution in [2.45, 2.75) is 24.6 Å². The molecule has 0 N–H and O–H groups in total. The zero-order chi connectivity index (χ0) is 10.8. The van der Waals surface area contributed by atoms with E-state index in [2.05, 4.69) is 4.98 Å². The second-order valence-corrected chi connectivity index (χ2v) is 4.38. The molecular formula is C10H11ClN2O2. The van der Waals surface area contributed by atoms with Crippen LogP contribution in [0.1, 0.15) is 18.4 Å². The Morgan fingerprint density at radius 1 is 1.67 bits per heavy atom. The summed E-state index contributed by atoms with van der Waals surface area (Å²) in [6.45, 7) is 0. The van der Waals surface area contributed by atoms with E-state index in [0.29, 0.717) is 17.9 Å². The summed E-state index contributed by atoms with van der Waals surface area (Å²) in [5, 5.41) is 10.7. The fourth-order valence-corrected chi connectivity index (χ4v) is 2.00. The Morgan fingerprint density at radius 3 is 3.00 bits per heavy atom. The monoisotopic (exact) mass is 226 g/mol. The van der Waals surface area contributed by atoms with Gasteiger partial charge in [0.05, 0.1) is 4.92 Å². The van der Waals surface area contributed by atoms with Gasteiger partial charge in [-0.3, -0.25) is 15.1 Å². The number of aromatic nitrogens is 1. The van der Waals surface area contributed by atoms with Crippen LogP contribution in [-0.4, -0.2) is 15.3 Å². The molecule has 1 saturated carbocycles. The number of rotatable bonds is 4. The maximum atomic E-state index is 10.7. The number of hydrogen-bond acceptors (Lipinski definition) is 3. The average Bonchev–Trinajstić information content (AvgIpc) is 3.01. The second kappa shape index (κ2) is 4.14. The molecule has 0 amide bonds. The molecule has 1 aliphatic carbocycles. The zero-order valence-corrected chi connectivity index (χ0v) is 8.85. The van der Waals surface area contributed by atoms with Gasteiger partial charge in [-0.15, -0.1) is 11.6 Å². The van der Waals surface area contributed by atoms with Crippen molar-refractivity contribution in [1.82, 2.24) is 4.98 Å². The lowest BCUT2D eigenvalue weighted by atomic mass is 10.1. The summed E-state index contributed by atoms with van der Waals surface area (Å²) in [4.78, 5) is 14.1. The molecule has 2 rings (SSSR count). The van der Waals surface area contributed by atoms with Crippen LogP contribution in [0.15, 0.2) is 18.5 Å². The highest BCUT2D eigenvalue weighted by atomic mass is 35.5. The van der Waals surface area contributed by atoms with Gasteiger partial charge in [0.25, 0.3) is 5.69 Å². The molecule has 1 aromatic rings. The van der Waals surface area contributed by atoms with E-state index in [0.717, 1.165) is 12.8 Å². The van der Waals surface area contributed by atoms with Crippen molar-refractivity contribution in [1.29, 1.82) is 0 Å². The third-order valence-electron chi connectivity index (χ3n) is 2.63. The molecule has 1 unspecified atom stereocenters. The van der Waals surface area contributed by atoms with Gasteiger partial charge in [-0.05, 0) is 31.2 Å². The largest absolute Gasteiger partial charge is 0.290 e. The van der Waals surface area contributed by atoms with Gasteiger partial charge in [0, 0.05) is 17.1 Å². The van der Waals surface area contributed by atoms with Crippen LogP contribution in [0, 0.1) is 16.0 Å². The van der Waals surface area contributed by atoms with Crippen LogP contribution >= 0.6 is 11.6 Å². The Labute approximate surface area is 92.4 Å². The van der Waals surface area contributed by atoms with Crippen molar-refractivity contribution in [3.63, 3.8) is 0 Å². The SMILES string of the molecule is O=[N+]([O-])c1cnccc1CC(Cl)C1CC1. The number of halogens is 1. The molecule has 1 aliphatic rings. The van der Waals surface area contributed by atoms with E-state index in [1.165, 1.54) is 6.20 Å². The number of nitro groups is 1. The van der Waals surface area contributed by atoms with E-state index in [-0.39, 0.29) is 11.1 Å². The predicted octanol–water partition coefficient (Wildman–Crippen LogP) is 2.55. The van der Waals surface area contributed by atoms with Crippen molar-refractivity contribution in [2.24, 2.45) is 5.92 Å². The Balaban J connectivity index is 2.15. The molecular weight excluding hydrogens is 216 g/mol. The zero-order valence-electron chi connectivity index (χ0n) is 8.10. The summed E-state index contributed by atoms with van der Waals surface area (Å²) >= 11 is 6.15. The van der Waals surface area contributed by atoms with E-state index in [1.807, 2.05) is 0 Å². The highest BCUT2D eigenvalue weighted by Crippen LogP contribution is 2.37. The third kappa shape index (κ3) is 2.45. The minimum absolute atomic E-state index is 0.0195. The van der Waals surface area contributed by atoms with E-state index in [4.69, 9.17) is 11.6 Å². The molecule has 0 spiro atoms. The molecule has 15 heavy (non-hydrogen) atoms. The quantitative estimate of drug-likeness (QED) is 0.450. The number of nitrogens with zero attached hydrogens (tertiary/aromatic N) is 2. The van der Waals surface area contributed by atoms with E-state index in [1.54, 1.807) is 12.3 Å². The minimum Gasteiger partial charge on any atom is -0.258 e. The Hall–Kier alpha value is -1.16. The number of alkyl halides is 1. The van der Waals surface area contributed by atoms with E-state index < -0.39 is 4.92 Å². The van der Waals surface area contributed by atoms with Crippen LogP contribution in [-0.2, 0) is 6.42 Å². The number of hydrogen-bond donors (Lipinski definition) is 0. The predicted molar refractivity (Wildman–Crippen MR) is 57.0 cm³/mol. The molecule has 5 heteroatoms. The molecule has 4 nitrogen and oxygen atoms in total. The first-order chi connectivity index (χ1) is 7.18.